The van der Waals surface area contributed by atoms with Gasteiger partial charge in [0.05, 0.1) is 12.9 Å². The van der Waals surface area contributed by atoms with Crippen molar-refractivity contribution in [3.8, 4) is 0 Å². The monoisotopic (exact) mass is 204 g/mol. The number of carbonyl (C=O) groups excluding carboxylic acids is 1. The van der Waals surface area contributed by atoms with Crippen molar-refractivity contribution in [2.45, 2.75) is 18.6 Å². The number of hydrogen-bond acceptors (Lipinski definition) is 4. The molecule has 1 unspecified atom stereocenters. The van der Waals surface area contributed by atoms with Gasteiger partial charge in [-0.2, -0.15) is 0 Å². The van der Waals surface area contributed by atoms with Gasteiger partial charge in [-0.25, -0.2) is 8.42 Å². The molecule has 0 fully saturated rings. The predicted molar refractivity (Wildman–Crippen MR) is 48.0 cm³/mol. The van der Waals surface area contributed by atoms with Gasteiger partial charge in [-0.1, -0.05) is 0 Å². The van der Waals surface area contributed by atoms with E-state index >= 15 is 0 Å². The van der Waals surface area contributed by atoms with Crippen LogP contribution >= 0.6 is 0 Å². The SMILES string of the molecule is CC(C(=O)C1=COCC1)S(C)(=O)=O. The number of Topliss-reactive ketones (excluding diaryl/α,β-unsaturated/α-hetero) is 1. The number of ketones is 1. The van der Waals surface area contributed by atoms with Crippen molar-refractivity contribution in [1.82, 2.24) is 0 Å². The van der Waals surface area contributed by atoms with Crippen molar-refractivity contribution in [2.24, 2.45) is 0 Å². The molecule has 1 aliphatic rings. The molecule has 1 heterocycles. The van der Waals surface area contributed by atoms with E-state index in [2.05, 4.69) is 0 Å². The van der Waals surface area contributed by atoms with Gasteiger partial charge >= 0.3 is 0 Å². The van der Waals surface area contributed by atoms with Gasteiger partial charge in [0, 0.05) is 18.2 Å². The molecule has 0 aromatic rings. The van der Waals surface area contributed by atoms with E-state index in [4.69, 9.17) is 4.74 Å². The second-order valence-corrected chi connectivity index (χ2v) is 5.47. The fraction of sp³-hybridized carbons (Fsp3) is 0.625. The average molecular weight is 204 g/mol. The Hall–Kier alpha value is -0.840. The highest BCUT2D eigenvalue weighted by Gasteiger charge is 2.27. The van der Waals surface area contributed by atoms with Crippen molar-refractivity contribution >= 4 is 15.6 Å². The maximum atomic E-state index is 11.5. The molecule has 74 valence electrons. The summed E-state index contributed by atoms with van der Waals surface area (Å²) in [6.45, 7) is 1.87. The van der Waals surface area contributed by atoms with Gasteiger partial charge in [-0.3, -0.25) is 4.79 Å². The van der Waals surface area contributed by atoms with Crippen LogP contribution in [0.25, 0.3) is 0 Å². The maximum absolute atomic E-state index is 11.5. The van der Waals surface area contributed by atoms with E-state index in [0.717, 1.165) is 6.26 Å². The smallest absolute Gasteiger partial charge is 0.179 e. The Morgan fingerprint density at radius 2 is 2.23 bits per heavy atom. The molecular weight excluding hydrogens is 192 g/mol. The Balaban J connectivity index is 2.79. The largest absolute Gasteiger partial charge is 0.500 e. The van der Waals surface area contributed by atoms with Crippen LogP contribution in [0.1, 0.15) is 13.3 Å². The molecule has 13 heavy (non-hydrogen) atoms. The summed E-state index contributed by atoms with van der Waals surface area (Å²) < 4.78 is 26.9. The highest BCUT2D eigenvalue weighted by Crippen LogP contribution is 2.15. The zero-order valence-corrected chi connectivity index (χ0v) is 8.43. The number of carbonyl (C=O) groups is 1. The summed E-state index contributed by atoms with van der Waals surface area (Å²) in [6, 6.07) is 0. The normalized spacial score (nSPS) is 19.1. The van der Waals surface area contributed by atoms with Crippen LogP contribution in [0, 0.1) is 0 Å². The summed E-state index contributed by atoms with van der Waals surface area (Å²) in [5.74, 6) is -0.347. The Morgan fingerprint density at radius 1 is 1.62 bits per heavy atom. The fourth-order valence-electron chi connectivity index (χ4n) is 1.02. The van der Waals surface area contributed by atoms with Gasteiger partial charge in [0.1, 0.15) is 5.25 Å². The highest BCUT2D eigenvalue weighted by molar-refractivity contribution is 7.92. The molecule has 0 radical (unpaired) electrons. The summed E-state index contributed by atoms with van der Waals surface area (Å²) in [7, 11) is -3.29. The molecule has 1 aliphatic heterocycles. The number of ether oxygens (including phenoxy) is 1. The Labute approximate surface area is 77.5 Å². The molecule has 4 nitrogen and oxygen atoms in total. The fourth-order valence-corrected chi connectivity index (χ4v) is 1.56. The van der Waals surface area contributed by atoms with Gasteiger partial charge in [0.25, 0.3) is 0 Å². The Morgan fingerprint density at radius 3 is 2.62 bits per heavy atom. The van der Waals surface area contributed by atoms with Crippen molar-refractivity contribution in [1.29, 1.82) is 0 Å². The molecular formula is C8H12O4S. The molecule has 0 N–H and O–H groups in total. The Kier molecular flexibility index (Phi) is 2.75. The van der Waals surface area contributed by atoms with E-state index in [9.17, 15) is 13.2 Å². The minimum atomic E-state index is -3.29. The van der Waals surface area contributed by atoms with Crippen molar-refractivity contribution in [2.75, 3.05) is 12.9 Å². The van der Waals surface area contributed by atoms with Crippen LogP contribution in [0.15, 0.2) is 11.8 Å². The first-order valence-electron chi connectivity index (χ1n) is 3.96. The minimum Gasteiger partial charge on any atom is -0.500 e. The lowest BCUT2D eigenvalue weighted by Gasteiger charge is -2.06. The zero-order chi connectivity index (χ0) is 10.1. The average Bonchev–Trinajstić information content (AvgIpc) is 2.51. The number of sulfone groups is 1. The van der Waals surface area contributed by atoms with E-state index in [-0.39, 0.29) is 5.78 Å². The lowest BCUT2D eigenvalue weighted by atomic mass is 10.1. The van der Waals surface area contributed by atoms with Gasteiger partial charge in [-0.15, -0.1) is 0 Å². The molecule has 1 rings (SSSR count). The lowest BCUT2D eigenvalue weighted by Crippen LogP contribution is -2.27. The Bertz CT molecular complexity index is 339. The van der Waals surface area contributed by atoms with Gasteiger partial charge in [0.15, 0.2) is 15.6 Å². The highest BCUT2D eigenvalue weighted by atomic mass is 32.2. The molecule has 0 saturated carbocycles. The topological polar surface area (TPSA) is 60.4 Å². The van der Waals surface area contributed by atoms with Crippen LogP contribution < -0.4 is 0 Å². The first kappa shape index (κ1) is 10.2. The second-order valence-electron chi connectivity index (χ2n) is 3.10. The number of hydrogen-bond donors (Lipinski definition) is 0. The lowest BCUT2D eigenvalue weighted by molar-refractivity contribution is -0.115. The predicted octanol–water partition coefficient (Wildman–Crippen LogP) is 0.293. The summed E-state index contributed by atoms with van der Waals surface area (Å²) in [5.41, 5.74) is 0.470. The van der Waals surface area contributed by atoms with Gasteiger partial charge in [0.2, 0.25) is 0 Å². The standard InChI is InChI=1S/C8H12O4S/c1-6(13(2,10)11)8(9)7-3-4-12-5-7/h5-6H,3-4H2,1-2H3. The third-order valence-electron chi connectivity index (χ3n) is 2.04. The molecule has 0 amide bonds. The first-order valence-corrected chi connectivity index (χ1v) is 5.92. The van der Waals surface area contributed by atoms with E-state index in [1.54, 1.807) is 0 Å². The molecule has 0 aliphatic carbocycles. The molecule has 0 saturated heterocycles. The van der Waals surface area contributed by atoms with Crippen LogP contribution in [0.3, 0.4) is 0 Å². The van der Waals surface area contributed by atoms with Crippen LogP contribution in [-0.2, 0) is 19.4 Å². The van der Waals surface area contributed by atoms with Gasteiger partial charge in [-0.05, 0) is 6.92 Å². The van der Waals surface area contributed by atoms with Crippen molar-refractivity contribution < 1.29 is 17.9 Å². The molecule has 0 aromatic heterocycles. The maximum Gasteiger partial charge on any atom is 0.179 e. The van der Waals surface area contributed by atoms with Crippen molar-refractivity contribution in [3.05, 3.63) is 11.8 Å². The summed E-state index contributed by atoms with van der Waals surface area (Å²) in [5, 5.41) is -0.958. The zero-order valence-electron chi connectivity index (χ0n) is 7.61. The van der Waals surface area contributed by atoms with Crippen LogP contribution in [0.5, 0.6) is 0 Å². The van der Waals surface area contributed by atoms with E-state index < -0.39 is 15.1 Å². The minimum absolute atomic E-state index is 0.347. The molecule has 0 aromatic carbocycles. The number of rotatable bonds is 3. The summed E-state index contributed by atoms with van der Waals surface area (Å²) in [6.07, 6.45) is 2.93. The molecule has 1 atom stereocenters. The molecule has 0 bridgehead atoms. The van der Waals surface area contributed by atoms with Crippen LogP contribution in [0.4, 0.5) is 0 Å². The van der Waals surface area contributed by atoms with Crippen LogP contribution in [0.2, 0.25) is 0 Å². The van der Waals surface area contributed by atoms with Gasteiger partial charge < -0.3 is 4.74 Å². The summed E-state index contributed by atoms with van der Waals surface area (Å²) >= 11 is 0. The molecule has 5 heteroatoms. The van der Waals surface area contributed by atoms with Crippen LogP contribution in [-0.4, -0.2) is 32.3 Å². The second kappa shape index (κ2) is 3.49. The third-order valence-corrected chi connectivity index (χ3v) is 3.54. The quantitative estimate of drug-likeness (QED) is 0.663. The first-order chi connectivity index (χ1) is 5.93. The third kappa shape index (κ3) is 2.30. The van der Waals surface area contributed by atoms with E-state index in [1.165, 1.54) is 13.2 Å². The van der Waals surface area contributed by atoms with E-state index in [1.807, 2.05) is 0 Å². The molecule has 0 spiro atoms. The van der Waals surface area contributed by atoms with E-state index in [0.29, 0.717) is 18.6 Å². The summed E-state index contributed by atoms with van der Waals surface area (Å²) in [4.78, 5) is 11.5. The van der Waals surface area contributed by atoms with Crippen molar-refractivity contribution in [3.63, 3.8) is 0 Å².